The zero-order chi connectivity index (χ0) is 24.1. The predicted octanol–water partition coefficient (Wildman–Crippen LogP) is 4.13. The molecule has 0 amide bonds. The maximum Gasteiger partial charge on any atom is 0.263 e. The number of halogens is 1. The third kappa shape index (κ3) is 5.24. The number of ether oxygens (including phenoxy) is 3. The Kier molecular flexibility index (Phi) is 7.50. The van der Waals surface area contributed by atoms with Crippen molar-refractivity contribution in [3.05, 3.63) is 71.7 Å². The predicted molar refractivity (Wildman–Crippen MR) is 123 cm³/mol. The Bertz CT molecular complexity index is 1140. The number of hydrogen-bond donors (Lipinski definition) is 0. The van der Waals surface area contributed by atoms with Gasteiger partial charge in [0, 0.05) is 19.7 Å². The molecule has 1 unspecified atom stereocenters. The fraction of sp³-hybridized carbons (Fsp3) is 0.375. The summed E-state index contributed by atoms with van der Waals surface area (Å²) in [6, 6.07) is 14.2. The Morgan fingerprint density at radius 1 is 1.00 bits per heavy atom. The van der Waals surface area contributed by atoms with Crippen molar-refractivity contribution in [1.82, 2.24) is 14.1 Å². The Morgan fingerprint density at radius 2 is 1.56 bits per heavy atom. The molecule has 1 aliphatic heterocycles. The van der Waals surface area contributed by atoms with Crippen LogP contribution in [0.1, 0.15) is 36.6 Å². The molecule has 3 aromatic rings. The maximum atomic E-state index is 14.9. The van der Waals surface area contributed by atoms with Crippen LogP contribution in [0.3, 0.4) is 0 Å². The van der Waals surface area contributed by atoms with Crippen molar-refractivity contribution >= 4 is 10.0 Å². The molecule has 0 spiro atoms. The van der Waals surface area contributed by atoms with Crippen molar-refractivity contribution in [1.29, 1.82) is 0 Å². The first-order valence-corrected chi connectivity index (χ1v) is 12.5. The number of sulfonamides is 1. The van der Waals surface area contributed by atoms with Gasteiger partial charge in [-0.15, -0.1) is 0 Å². The van der Waals surface area contributed by atoms with E-state index in [0.29, 0.717) is 24.5 Å². The number of rotatable bonds is 9. The van der Waals surface area contributed by atoms with E-state index in [4.69, 9.17) is 14.2 Å². The number of benzene rings is 2. The molecule has 10 heteroatoms. The maximum absolute atomic E-state index is 14.9. The zero-order valence-corrected chi connectivity index (χ0v) is 20.0. The van der Waals surface area contributed by atoms with Crippen molar-refractivity contribution in [2.45, 2.75) is 43.6 Å². The summed E-state index contributed by atoms with van der Waals surface area (Å²) in [4.78, 5) is 0. The lowest BCUT2D eigenvalue weighted by atomic mass is 10.2. The second-order valence-electron chi connectivity index (χ2n) is 8.03. The van der Waals surface area contributed by atoms with E-state index in [2.05, 4.69) is 5.10 Å². The van der Waals surface area contributed by atoms with Gasteiger partial charge in [-0.25, -0.2) is 17.5 Å². The second-order valence-corrected chi connectivity index (χ2v) is 9.89. The fourth-order valence-corrected chi connectivity index (χ4v) is 5.49. The van der Waals surface area contributed by atoms with Gasteiger partial charge in [-0.2, -0.15) is 9.40 Å². The van der Waals surface area contributed by atoms with Crippen LogP contribution in [0.25, 0.3) is 0 Å². The van der Waals surface area contributed by atoms with Gasteiger partial charge in [0.2, 0.25) is 5.03 Å². The molecular weight excluding hydrogens is 461 g/mol. The number of methoxy groups -OCH3 is 2. The average Bonchev–Trinajstić information content (AvgIpc) is 3.27. The van der Waals surface area contributed by atoms with Crippen LogP contribution < -0.4 is 9.47 Å². The summed E-state index contributed by atoms with van der Waals surface area (Å²) in [5.74, 6) is 0.419. The minimum Gasteiger partial charge on any atom is -0.497 e. The smallest absolute Gasteiger partial charge is 0.263 e. The van der Waals surface area contributed by atoms with E-state index in [1.807, 2.05) is 0 Å². The van der Waals surface area contributed by atoms with Gasteiger partial charge in [0.15, 0.2) is 12.0 Å². The van der Waals surface area contributed by atoms with Gasteiger partial charge in [0.1, 0.15) is 11.5 Å². The van der Waals surface area contributed by atoms with E-state index < -0.39 is 27.1 Å². The normalized spacial score (nSPS) is 16.5. The van der Waals surface area contributed by atoms with E-state index >= 15 is 0 Å². The first kappa shape index (κ1) is 24.2. The number of aromatic nitrogens is 2. The number of nitrogens with zero attached hydrogens (tertiary/aromatic N) is 3. The average molecular weight is 490 g/mol. The summed E-state index contributed by atoms with van der Waals surface area (Å²) in [6.45, 7) is 0.552. The molecule has 0 bridgehead atoms. The van der Waals surface area contributed by atoms with Gasteiger partial charge >= 0.3 is 0 Å². The zero-order valence-electron chi connectivity index (χ0n) is 19.2. The SMILES string of the molecule is COc1ccc(CN(Cc2ccc(OC)cc2)S(=O)(=O)c2c(F)cnn2C2CCCCO2)cc1. The van der Waals surface area contributed by atoms with Crippen LogP contribution in [-0.4, -0.2) is 43.3 Å². The highest BCUT2D eigenvalue weighted by atomic mass is 32.2. The molecule has 0 radical (unpaired) electrons. The molecular formula is C24H28FN3O5S. The molecule has 1 aliphatic rings. The molecule has 1 aromatic heterocycles. The van der Waals surface area contributed by atoms with Crippen LogP contribution >= 0.6 is 0 Å². The Balaban J connectivity index is 1.71. The lowest BCUT2D eigenvalue weighted by molar-refractivity contribution is -0.0455. The summed E-state index contributed by atoms with van der Waals surface area (Å²) >= 11 is 0. The van der Waals surface area contributed by atoms with Crippen LogP contribution in [-0.2, 0) is 27.8 Å². The third-order valence-corrected chi connectivity index (χ3v) is 7.57. The Morgan fingerprint density at radius 3 is 2.03 bits per heavy atom. The summed E-state index contributed by atoms with van der Waals surface area (Å²) in [5, 5.41) is 3.54. The molecule has 8 nitrogen and oxygen atoms in total. The van der Waals surface area contributed by atoms with Gasteiger partial charge in [-0.05, 0) is 54.7 Å². The second kappa shape index (κ2) is 10.5. The van der Waals surface area contributed by atoms with E-state index in [-0.39, 0.29) is 13.1 Å². The highest BCUT2D eigenvalue weighted by molar-refractivity contribution is 7.89. The lowest BCUT2D eigenvalue weighted by Crippen LogP contribution is -2.34. The standard InChI is InChI=1S/C24H28FN3O5S/c1-31-20-10-6-18(7-11-20)16-27(17-19-8-12-21(32-2)13-9-19)34(29,30)24-22(25)15-26-28(24)23-5-3-4-14-33-23/h6-13,15,23H,3-5,14,16-17H2,1-2H3. The molecule has 1 atom stereocenters. The molecule has 1 saturated heterocycles. The lowest BCUT2D eigenvalue weighted by Gasteiger charge is -2.27. The minimum absolute atomic E-state index is 0.0362. The fourth-order valence-electron chi connectivity index (χ4n) is 3.91. The third-order valence-electron chi connectivity index (χ3n) is 5.76. The molecule has 2 aromatic carbocycles. The van der Waals surface area contributed by atoms with Gasteiger partial charge in [-0.3, -0.25) is 0 Å². The molecule has 0 N–H and O–H groups in total. The highest BCUT2D eigenvalue weighted by Gasteiger charge is 2.35. The van der Waals surface area contributed by atoms with Crippen LogP contribution in [0.4, 0.5) is 4.39 Å². The van der Waals surface area contributed by atoms with Gasteiger partial charge in [0.25, 0.3) is 10.0 Å². The van der Waals surface area contributed by atoms with E-state index in [0.717, 1.165) is 30.2 Å². The van der Waals surface area contributed by atoms with Crippen molar-refractivity contribution < 1.29 is 27.0 Å². The molecule has 4 rings (SSSR count). The van der Waals surface area contributed by atoms with E-state index in [1.54, 1.807) is 62.8 Å². The molecule has 0 saturated carbocycles. The monoisotopic (exact) mass is 489 g/mol. The van der Waals surface area contributed by atoms with Crippen molar-refractivity contribution in [2.75, 3.05) is 20.8 Å². The Hall–Kier alpha value is -2.95. The molecule has 1 fully saturated rings. The Labute approximate surface area is 198 Å². The summed E-state index contributed by atoms with van der Waals surface area (Å²) in [5.41, 5.74) is 1.47. The van der Waals surface area contributed by atoms with E-state index in [1.165, 1.54) is 8.99 Å². The van der Waals surface area contributed by atoms with Crippen LogP contribution in [0.2, 0.25) is 0 Å². The first-order valence-electron chi connectivity index (χ1n) is 11.0. The summed E-state index contributed by atoms with van der Waals surface area (Å²) in [7, 11) is -1.16. The summed E-state index contributed by atoms with van der Waals surface area (Å²) in [6.07, 6.45) is 2.62. The van der Waals surface area contributed by atoms with Gasteiger partial charge < -0.3 is 14.2 Å². The largest absolute Gasteiger partial charge is 0.497 e. The van der Waals surface area contributed by atoms with Crippen molar-refractivity contribution in [3.8, 4) is 11.5 Å². The van der Waals surface area contributed by atoms with Gasteiger partial charge in [0.05, 0.1) is 20.4 Å². The van der Waals surface area contributed by atoms with Gasteiger partial charge in [-0.1, -0.05) is 24.3 Å². The number of hydrogen-bond acceptors (Lipinski definition) is 6. The highest BCUT2D eigenvalue weighted by Crippen LogP contribution is 2.30. The van der Waals surface area contributed by atoms with Crippen LogP contribution in [0, 0.1) is 5.82 Å². The molecule has 0 aliphatic carbocycles. The van der Waals surface area contributed by atoms with Crippen LogP contribution in [0.15, 0.2) is 59.8 Å². The summed E-state index contributed by atoms with van der Waals surface area (Å²) < 4.78 is 61.1. The first-order chi connectivity index (χ1) is 16.4. The quantitative estimate of drug-likeness (QED) is 0.450. The van der Waals surface area contributed by atoms with E-state index in [9.17, 15) is 12.8 Å². The molecule has 2 heterocycles. The topological polar surface area (TPSA) is 82.9 Å². The molecule has 34 heavy (non-hydrogen) atoms. The van der Waals surface area contributed by atoms with Crippen molar-refractivity contribution in [3.63, 3.8) is 0 Å². The molecule has 182 valence electrons. The van der Waals surface area contributed by atoms with Crippen LogP contribution in [0.5, 0.6) is 11.5 Å². The minimum atomic E-state index is -4.28. The van der Waals surface area contributed by atoms with Crippen molar-refractivity contribution in [2.24, 2.45) is 0 Å².